The van der Waals surface area contributed by atoms with Gasteiger partial charge in [-0.1, -0.05) is 83.9 Å². The molecular weight excluding hydrogens is 585 g/mol. The van der Waals surface area contributed by atoms with Crippen LogP contribution >= 0.6 is 15.9 Å². The Bertz CT molecular complexity index is 1370. The number of halogens is 2. The summed E-state index contributed by atoms with van der Waals surface area (Å²) in [4.78, 5) is 28.7. The number of carbonyl (C=O) groups is 2. The fourth-order valence-corrected chi connectivity index (χ4v) is 5.34. The van der Waals surface area contributed by atoms with E-state index in [4.69, 9.17) is 0 Å². The van der Waals surface area contributed by atoms with Crippen LogP contribution in [0.1, 0.15) is 30.9 Å². The second-order valence-corrected chi connectivity index (χ2v) is 12.0. The van der Waals surface area contributed by atoms with Gasteiger partial charge in [0.15, 0.2) is 0 Å². The Labute approximate surface area is 238 Å². The second-order valence-electron chi connectivity index (χ2n) is 9.21. The fraction of sp³-hybridized carbons (Fsp3) is 0.310. The summed E-state index contributed by atoms with van der Waals surface area (Å²) in [5, 5.41) is 2.90. The molecule has 0 bridgehead atoms. The zero-order chi connectivity index (χ0) is 28.4. The topological polar surface area (TPSA) is 86.8 Å². The number of anilines is 1. The molecule has 0 saturated carbocycles. The predicted octanol–water partition coefficient (Wildman–Crippen LogP) is 4.91. The first-order valence-electron chi connectivity index (χ1n) is 12.7. The lowest BCUT2D eigenvalue weighted by atomic mass is 10.0. The van der Waals surface area contributed by atoms with Gasteiger partial charge in [0.05, 0.1) is 11.9 Å². The summed E-state index contributed by atoms with van der Waals surface area (Å²) >= 11 is 3.34. The number of rotatable bonds is 13. The van der Waals surface area contributed by atoms with Crippen molar-refractivity contribution >= 4 is 43.5 Å². The molecule has 0 spiro atoms. The summed E-state index contributed by atoms with van der Waals surface area (Å²) in [6.07, 6.45) is 2.82. The first kappa shape index (κ1) is 30.3. The minimum Gasteiger partial charge on any atom is -0.354 e. The van der Waals surface area contributed by atoms with Crippen molar-refractivity contribution in [2.75, 3.05) is 23.7 Å². The van der Waals surface area contributed by atoms with Gasteiger partial charge in [0.2, 0.25) is 21.8 Å². The summed E-state index contributed by atoms with van der Waals surface area (Å²) < 4.78 is 42.0. The van der Waals surface area contributed by atoms with Crippen LogP contribution in [0, 0.1) is 5.82 Å². The molecule has 39 heavy (non-hydrogen) atoms. The van der Waals surface area contributed by atoms with Gasteiger partial charge in [0.25, 0.3) is 0 Å². The molecule has 2 amide bonds. The third kappa shape index (κ3) is 8.90. The first-order chi connectivity index (χ1) is 18.6. The summed E-state index contributed by atoms with van der Waals surface area (Å²) in [6.45, 7) is 1.66. The van der Waals surface area contributed by atoms with Gasteiger partial charge in [-0.25, -0.2) is 12.8 Å². The highest BCUT2D eigenvalue weighted by Gasteiger charge is 2.33. The van der Waals surface area contributed by atoms with Crippen LogP contribution in [-0.4, -0.2) is 50.5 Å². The van der Waals surface area contributed by atoms with Crippen molar-refractivity contribution in [3.05, 3.63) is 100 Å². The highest BCUT2D eigenvalue weighted by Crippen LogP contribution is 2.24. The van der Waals surface area contributed by atoms with Gasteiger partial charge >= 0.3 is 0 Å². The quantitative estimate of drug-likeness (QED) is 0.276. The number of hydrogen-bond acceptors (Lipinski definition) is 4. The number of unbranched alkanes of at least 4 members (excludes halogenated alkanes) is 1. The molecular formula is C29H33BrFN3O4S. The molecule has 3 rings (SSSR count). The van der Waals surface area contributed by atoms with Crippen molar-refractivity contribution in [2.24, 2.45) is 0 Å². The molecule has 208 valence electrons. The maximum Gasteiger partial charge on any atom is 0.244 e. The predicted molar refractivity (Wildman–Crippen MR) is 155 cm³/mol. The van der Waals surface area contributed by atoms with Crippen molar-refractivity contribution in [1.82, 2.24) is 10.2 Å². The van der Waals surface area contributed by atoms with Gasteiger partial charge < -0.3 is 10.2 Å². The van der Waals surface area contributed by atoms with Crippen LogP contribution in [0.4, 0.5) is 10.1 Å². The Balaban J connectivity index is 2.04. The minimum atomic E-state index is -3.88. The maximum atomic E-state index is 14.8. The van der Waals surface area contributed by atoms with Crippen molar-refractivity contribution in [1.29, 1.82) is 0 Å². The lowest BCUT2D eigenvalue weighted by Crippen LogP contribution is -2.53. The van der Waals surface area contributed by atoms with Gasteiger partial charge in [-0.15, -0.1) is 0 Å². The molecule has 0 aromatic heterocycles. The Morgan fingerprint density at radius 3 is 2.33 bits per heavy atom. The van der Waals surface area contributed by atoms with E-state index in [9.17, 15) is 22.4 Å². The third-order valence-electron chi connectivity index (χ3n) is 6.17. The third-order valence-corrected chi connectivity index (χ3v) is 7.81. The van der Waals surface area contributed by atoms with Crippen LogP contribution in [-0.2, 0) is 32.6 Å². The number of carbonyl (C=O) groups excluding carboxylic acids is 2. The van der Waals surface area contributed by atoms with Crippen LogP contribution < -0.4 is 9.62 Å². The van der Waals surface area contributed by atoms with E-state index in [-0.39, 0.29) is 30.1 Å². The van der Waals surface area contributed by atoms with E-state index in [1.807, 2.05) is 37.3 Å². The van der Waals surface area contributed by atoms with E-state index >= 15 is 0 Å². The number of nitrogens with one attached hydrogen (secondary N) is 1. The second kappa shape index (κ2) is 14.2. The molecule has 0 saturated heterocycles. The lowest BCUT2D eigenvalue weighted by molar-refractivity contribution is -0.140. The molecule has 0 fully saturated rings. The number of amides is 2. The SMILES string of the molecule is CCCCNC(=O)[C@H](Cc1ccccc1)N(Cc1ccccc1F)C(=O)CN(c1cccc(Br)c1)S(C)(=O)=O. The molecule has 3 aromatic carbocycles. The smallest absolute Gasteiger partial charge is 0.244 e. The lowest BCUT2D eigenvalue weighted by Gasteiger charge is -2.33. The van der Waals surface area contributed by atoms with Gasteiger partial charge in [-0.05, 0) is 36.2 Å². The molecule has 3 aromatic rings. The number of hydrogen-bond donors (Lipinski definition) is 1. The van der Waals surface area contributed by atoms with Gasteiger partial charge in [-0.2, -0.15) is 0 Å². The molecule has 0 aliphatic rings. The molecule has 7 nitrogen and oxygen atoms in total. The van der Waals surface area contributed by atoms with Crippen molar-refractivity contribution in [3.8, 4) is 0 Å². The Morgan fingerprint density at radius 2 is 1.69 bits per heavy atom. The standard InChI is InChI=1S/C29H33BrFN3O4S/c1-3-4-17-32-29(36)27(18-22-11-6-5-7-12-22)33(20-23-13-8-9-16-26(23)31)28(35)21-34(39(2,37)38)25-15-10-14-24(30)19-25/h5-16,19,27H,3-4,17-18,20-21H2,1-2H3,(H,32,36)/t27-/m0/s1. The van der Waals surface area contributed by atoms with Gasteiger partial charge in [0, 0.05) is 29.5 Å². The number of benzene rings is 3. The minimum absolute atomic E-state index is 0.175. The molecule has 1 atom stereocenters. The molecule has 1 N–H and O–H groups in total. The number of sulfonamides is 1. The van der Waals surface area contributed by atoms with Crippen molar-refractivity contribution in [2.45, 2.75) is 38.8 Å². The fourth-order valence-electron chi connectivity index (χ4n) is 4.12. The number of nitrogens with zero attached hydrogens (tertiary/aromatic N) is 2. The van der Waals surface area contributed by atoms with Crippen LogP contribution in [0.25, 0.3) is 0 Å². The normalized spacial score (nSPS) is 12.0. The molecule has 0 heterocycles. The monoisotopic (exact) mass is 617 g/mol. The van der Waals surface area contributed by atoms with Gasteiger partial charge in [-0.3, -0.25) is 13.9 Å². The van der Waals surface area contributed by atoms with Crippen LogP contribution in [0.2, 0.25) is 0 Å². The zero-order valence-corrected chi connectivity index (χ0v) is 24.4. The summed E-state index contributed by atoms with van der Waals surface area (Å²) in [5.41, 5.74) is 1.32. The summed E-state index contributed by atoms with van der Waals surface area (Å²) in [7, 11) is -3.88. The Morgan fingerprint density at radius 1 is 1.00 bits per heavy atom. The van der Waals surface area contributed by atoms with E-state index in [2.05, 4.69) is 21.2 Å². The molecule has 0 radical (unpaired) electrons. The van der Waals surface area contributed by atoms with E-state index < -0.39 is 34.3 Å². The van der Waals surface area contributed by atoms with E-state index in [1.165, 1.54) is 11.0 Å². The van der Waals surface area contributed by atoms with Crippen LogP contribution in [0.3, 0.4) is 0 Å². The van der Waals surface area contributed by atoms with E-state index in [1.54, 1.807) is 42.5 Å². The zero-order valence-electron chi connectivity index (χ0n) is 22.0. The Hall–Kier alpha value is -3.24. The summed E-state index contributed by atoms with van der Waals surface area (Å²) in [6, 6.07) is 20.8. The van der Waals surface area contributed by atoms with Gasteiger partial charge in [0.1, 0.15) is 18.4 Å². The largest absolute Gasteiger partial charge is 0.354 e. The highest BCUT2D eigenvalue weighted by atomic mass is 79.9. The van der Waals surface area contributed by atoms with Crippen molar-refractivity contribution < 1.29 is 22.4 Å². The van der Waals surface area contributed by atoms with E-state index in [0.29, 0.717) is 11.0 Å². The molecule has 10 heteroatoms. The average Bonchev–Trinajstić information content (AvgIpc) is 2.90. The Kier molecular flexibility index (Phi) is 11.1. The maximum absolute atomic E-state index is 14.8. The van der Waals surface area contributed by atoms with Crippen LogP contribution in [0.5, 0.6) is 0 Å². The summed E-state index contributed by atoms with van der Waals surface area (Å²) in [5.74, 6) is -1.53. The van der Waals surface area contributed by atoms with E-state index in [0.717, 1.165) is 29.0 Å². The average molecular weight is 619 g/mol. The highest BCUT2D eigenvalue weighted by molar-refractivity contribution is 9.10. The van der Waals surface area contributed by atoms with Crippen molar-refractivity contribution in [3.63, 3.8) is 0 Å². The van der Waals surface area contributed by atoms with Crippen LogP contribution in [0.15, 0.2) is 83.3 Å². The first-order valence-corrected chi connectivity index (χ1v) is 15.3. The molecule has 0 aliphatic heterocycles. The molecule has 0 aliphatic carbocycles. The molecule has 0 unspecified atom stereocenters.